The van der Waals surface area contributed by atoms with Gasteiger partial charge in [-0.15, -0.1) is 0 Å². The number of hydrogen-bond donors (Lipinski definition) is 1. The Morgan fingerprint density at radius 2 is 2.00 bits per heavy atom. The van der Waals surface area contributed by atoms with Gasteiger partial charge < -0.3 is 5.43 Å². The Bertz CT molecular complexity index is 340. The van der Waals surface area contributed by atoms with E-state index in [4.69, 9.17) is 0 Å². The summed E-state index contributed by atoms with van der Waals surface area (Å²) in [5.41, 5.74) is 4.23. The Hall–Kier alpha value is -1.77. The number of pyridine rings is 1. The van der Waals surface area contributed by atoms with Crippen LogP contribution in [0.15, 0.2) is 48.9 Å². The quantitative estimate of drug-likeness (QED) is 0.764. The van der Waals surface area contributed by atoms with Crippen molar-refractivity contribution in [3.63, 3.8) is 0 Å². The SMILES string of the molecule is c1ccc(CNn2cccc2)nc1. The van der Waals surface area contributed by atoms with Crippen molar-refractivity contribution in [2.75, 3.05) is 5.43 Å². The molecule has 13 heavy (non-hydrogen) atoms. The molecule has 3 heteroatoms. The molecule has 0 fully saturated rings. The standard InChI is InChI=1S/C10H11N3/c1-2-6-11-10(5-1)9-12-13-7-3-4-8-13/h1-8,12H,9H2. The summed E-state index contributed by atoms with van der Waals surface area (Å²) in [5, 5.41) is 0. The predicted octanol–water partition coefficient (Wildman–Crippen LogP) is 1.63. The smallest absolute Gasteiger partial charge is 0.0736 e. The third-order valence-corrected chi connectivity index (χ3v) is 1.77. The van der Waals surface area contributed by atoms with Crippen molar-refractivity contribution in [1.82, 2.24) is 9.66 Å². The highest BCUT2D eigenvalue weighted by Crippen LogP contribution is 1.93. The fraction of sp³-hybridized carbons (Fsp3) is 0.100. The minimum absolute atomic E-state index is 0.746. The van der Waals surface area contributed by atoms with E-state index in [1.54, 1.807) is 6.20 Å². The zero-order valence-corrected chi connectivity index (χ0v) is 7.22. The number of nitrogens with one attached hydrogen (secondary N) is 1. The first-order valence-corrected chi connectivity index (χ1v) is 4.22. The van der Waals surface area contributed by atoms with Gasteiger partial charge in [0.25, 0.3) is 0 Å². The van der Waals surface area contributed by atoms with E-state index in [2.05, 4.69) is 10.4 Å². The molecule has 0 saturated heterocycles. The molecule has 0 aromatic carbocycles. The van der Waals surface area contributed by atoms with Crippen molar-refractivity contribution in [3.8, 4) is 0 Å². The van der Waals surface area contributed by atoms with Crippen LogP contribution in [-0.2, 0) is 6.54 Å². The third-order valence-electron chi connectivity index (χ3n) is 1.77. The lowest BCUT2D eigenvalue weighted by molar-refractivity contribution is 0.829. The molecule has 3 nitrogen and oxygen atoms in total. The normalized spacial score (nSPS) is 9.85. The van der Waals surface area contributed by atoms with Gasteiger partial charge in [-0.1, -0.05) is 6.07 Å². The number of hydrogen-bond acceptors (Lipinski definition) is 2. The van der Waals surface area contributed by atoms with Crippen LogP contribution in [0.25, 0.3) is 0 Å². The fourth-order valence-electron chi connectivity index (χ4n) is 1.11. The van der Waals surface area contributed by atoms with Crippen LogP contribution >= 0.6 is 0 Å². The summed E-state index contributed by atoms with van der Waals surface area (Å²) in [6, 6.07) is 9.85. The second kappa shape index (κ2) is 3.76. The molecule has 0 aliphatic carbocycles. The predicted molar refractivity (Wildman–Crippen MR) is 51.7 cm³/mol. The molecule has 0 aliphatic rings. The zero-order valence-electron chi connectivity index (χ0n) is 7.22. The van der Waals surface area contributed by atoms with Crippen molar-refractivity contribution in [2.24, 2.45) is 0 Å². The highest BCUT2D eigenvalue weighted by molar-refractivity contribution is 5.05. The summed E-state index contributed by atoms with van der Waals surface area (Å²) in [5.74, 6) is 0. The van der Waals surface area contributed by atoms with E-state index in [0.717, 1.165) is 12.2 Å². The number of aromatic nitrogens is 2. The summed E-state index contributed by atoms with van der Waals surface area (Å²) in [6.45, 7) is 0.746. The minimum Gasteiger partial charge on any atom is -0.320 e. The Labute approximate surface area is 77.0 Å². The van der Waals surface area contributed by atoms with E-state index >= 15 is 0 Å². The molecule has 0 aliphatic heterocycles. The van der Waals surface area contributed by atoms with Crippen molar-refractivity contribution >= 4 is 0 Å². The van der Waals surface area contributed by atoms with Crippen molar-refractivity contribution in [3.05, 3.63) is 54.6 Å². The van der Waals surface area contributed by atoms with Gasteiger partial charge in [-0.2, -0.15) is 0 Å². The second-order valence-electron chi connectivity index (χ2n) is 2.75. The van der Waals surface area contributed by atoms with Gasteiger partial charge >= 0.3 is 0 Å². The average molecular weight is 173 g/mol. The van der Waals surface area contributed by atoms with E-state index in [9.17, 15) is 0 Å². The highest BCUT2D eigenvalue weighted by Gasteiger charge is 1.90. The van der Waals surface area contributed by atoms with Crippen LogP contribution in [0.1, 0.15) is 5.69 Å². The van der Waals surface area contributed by atoms with Crippen LogP contribution in [0.5, 0.6) is 0 Å². The van der Waals surface area contributed by atoms with Gasteiger partial charge in [0.05, 0.1) is 12.2 Å². The van der Waals surface area contributed by atoms with Crippen LogP contribution in [0.2, 0.25) is 0 Å². The lowest BCUT2D eigenvalue weighted by Crippen LogP contribution is -2.12. The molecule has 2 rings (SSSR count). The molecule has 0 amide bonds. The average Bonchev–Trinajstić information content (AvgIpc) is 2.69. The molecule has 2 aromatic heterocycles. The highest BCUT2D eigenvalue weighted by atomic mass is 15.4. The lowest BCUT2D eigenvalue weighted by Gasteiger charge is -2.05. The monoisotopic (exact) mass is 173 g/mol. The Kier molecular flexibility index (Phi) is 2.27. The molecule has 0 atom stereocenters. The summed E-state index contributed by atoms with van der Waals surface area (Å²) in [6.07, 6.45) is 5.72. The molecule has 0 unspecified atom stereocenters. The summed E-state index contributed by atoms with van der Waals surface area (Å²) in [7, 11) is 0. The molecule has 0 bridgehead atoms. The van der Waals surface area contributed by atoms with E-state index in [-0.39, 0.29) is 0 Å². The van der Waals surface area contributed by atoms with Gasteiger partial charge in [-0.3, -0.25) is 9.66 Å². The van der Waals surface area contributed by atoms with E-state index < -0.39 is 0 Å². The molecule has 2 aromatic rings. The molecular formula is C10H11N3. The molecule has 0 spiro atoms. The lowest BCUT2D eigenvalue weighted by atomic mass is 10.4. The summed E-state index contributed by atoms with van der Waals surface area (Å²) in [4.78, 5) is 4.20. The Morgan fingerprint density at radius 1 is 1.15 bits per heavy atom. The van der Waals surface area contributed by atoms with Crippen molar-refractivity contribution in [1.29, 1.82) is 0 Å². The van der Waals surface area contributed by atoms with Crippen molar-refractivity contribution < 1.29 is 0 Å². The van der Waals surface area contributed by atoms with Gasteiger partial charge in [0, 0.05) is 18.6 Å². The van der Waals surface area contributed by atoms with Gasteiger partial charge in [-0.25, -0.2) is 0 Å². The maximum Gasteiger partial charge on any atom is 0.0736 e. The van der Waals surface area contributed by atoms with Gasteiger partial charge in [-0.05, 0) is 24.3 Å². The Balaban J connectivity index is 1.94. The molecule has 2 heterocycles. The third kappa shape index (κ3) is 2.08. The van der Waals surface area contributed by atoms with Crippen LogP contribution in [0.4, 0.5) is 0 Å². The topological polar surface area (TPSA) is 29.9 Å². The molecule has 0 radical (unpaired) electrons. The summed E-state index contributed by atoms with van der Waals surface area (Å²) >= 11 is 0. The van der Waals surface area contributed by atoms with Crippen LogP contribution in [0, 0.1) is 0 Å². The summed E-state index contributed by atoms with van der Waals surface area (Å²) < 4.78 is 1.91. The van der Waals surface area contributed by atoms with Crippen LogP contribution in [-0.4, -0.2) is 9.66 Å². The maximum absolute atomic E-state index is 4.20. The number of nitrogens with zero attached hydrogens (tertiary/aromatic N) is 2. The van der Waals surface area contributed by atoms with Gasteiger partial charge in [0.15, 0.2) is 0 Å². The van der Waals surface area contributed by atoms with E-state index in [0.29, 0.717) is 0 Å². The van der Waals surface area contributed by atoms with Gasteiger partial charge in [0.2, 0.25) is 0 Å². The first kappa shape index (κ1) is 7.86. The molecular weight excluding hydrogens is 162 g/mol. The largest absolute Gasteiger partial charge is 0.320 e. The molecule has 0 saturated carbocycles. The first-order chi connectivity index (χ1) is 6.45. The van der Waals surface area contributed by atoms with Crippen molar-refractivity contribution in [2.45, 2.75) is 6.54 Å². The van der Waals surface area contributed by atoms with E-state index in [1.807, 2.05) is 47.4 Å². The number of rotatable bonds is 3. The van der Waals surface area contributed by atoms with Crippen LogP contribution < -0.4 is 5.43 Å². The first-order valence-electron chi connectivity index (χ1n) is 4.22. The van der Waals surface area contributed by atoms with E-state index in [1.165, 1.54) is 0 Å². The maximum atomic E-state index is 4.20. The zero-order chi connectivity index (χ0) is 8.93. The molecule has 1 N–H and O–H groups in total. The fourth-order valence-corrected chi connectivity index (χ4v) is 1.11. The Morgan fingerprint density at radius 3 is 2.69 bits per heavy atom. The van der Waals surface area contributed by atoms with Gasteiger partial charge in [0.1, 0.15) is 0 Å². The second-order valence-corrected chi connectivity index (χ2v) is 2.75. The molecule has 66 valence electrons. The minimum atomic E-state index is 0.746. The van der Waals surface area contributed by atoms with Crippen LogP contribution in [0.3, 0.4) is 0 Å².